The molecular formula is C14H13FN2O6S2. The average Bonchev–Trinajstić information content (AvgIpc) is 2.87. The van der Waals surface area contributed by atoms with Gasteiger partial charge in [-0.25, -0.2) is 27.4 Å². The summed E-state index contributed by atoms with van der Waals surface area (Å²) in [7, 11) is -4.43. The third-order valence-electron chi connectivity index (χ3n) is 2.95. The number of thiazole rings is 1. The van der Waals surface area contributed by atoms with Gasteiger partial charge in [0.15, 0.2) is 5.13 Å². The predicted octanol–water partition coefficient (Wildman–Crippen LogP) is 2.27. The Morgan fingerprint density at radius 1 is 1.40 bits per heavy atom. The van der Waals surface area contributed by atoms with Gasteiger partial charge in [0.25, 0.3) is 10.0 Å². The number of carboxylic acid groups (broad SMARTS) is 1. The van der Waals surface area contributed by atoms with Crippen molar-refractivity contribution in [1.29, 1.82) is 0 Å². The van der Waals surface area contributed by atoms with E-state index in [2.05, 4.69) is 4.98 Å². The molecule has 0 saturated heterocycles. The minimum Gasteiger partial charge on any atom is -0.478 e. The number of halogens is 1. The lowest BCUT2D eigenvalue weighted by molar-refractivity contribution is 0.0530. The molecule has 0 fully saturated rings. The highest BCUT2D eigenvalue weighted by molar-refractivity contribution is 7.93. The van der Waals surface area contributed by atoms with E-state index in [1.165, 1.54) is 6.92 Å². The van der Waals surface area contributed by atoms with Crippen LogP contribution in [-0.2, 0) is 14.8 Å². The zero-order valence-corrected chi connectivity index (χ0v) is 14.7. The summed E-state index contributed by atoms with van der Waals surface area (Å²) < 4.78 is 45.3. The van der Waals surface area contributed by atoms with Crippen LogP contribution in [0.3, 0.4) is 0 Å². The number of carboxylic acids is 1. The Bertz CT molecular complexity index is 939. The average molecular weight is 388 g/mol. The Hall–Kier alpha value is -2.53. The Kier molecular flexibility index (Phi) is 5.38. The fourth-order valence-corrected chi connectivity index (χ4v) is 4.04. The van der Waals surface area contributed by atoms with Crippen LogP contribution in [0.15, 0.2) is 23.1 Å². The molecule has 0 atom stereocenters. The second-order valence-corrected chi connectivity index (χ2v) is 7.36. The van der Waals surface area contributed by atoms with Gasteiger partial charge in [0.1, 0.15) is 15.6 Å². The standard InChI is InChI=1S/C14H13FN2O6S2/c1-3-23-13(20)11-7(2)16-14(24-11)17-25(21,22)10-6-8(12(18)19)4-5-9(10)15/h4-6H,3H2,1-2H3,(H,16,17)(H,18,19). The smallest absolute Gasteiger partial charge is 0.350 e. The molecule has 11 heteroatoms. The first-order valence-corrected chi connectivity index (χ1v) is 9.16. The van der Waals surface area contributed by atoms with Crippen molar-refractivity contribution in [1.82, 2.24) is 4.98 Å². The summed E-state index contributed by atoms with van der Waals surface area (Å²) in [5, 5.41) is 8.74. The summed E-state index contributed by atoms with van der Waals surface area (Å²) in [6.45, 7) is 3.26. The van der Waals surface area contributed by atoms with Crippen LogP contribution in [0, 0.1) is 12.7 Å². The lowest BCUT2D eigenvalue weighted by Crippen LogP contribution is -2.15. The highest BCUT2D eigenvalue weighted by atomic mass is 32.2. The molecule has 0 saturated carbocycles. The first kappa shape index (κ1) is 18.8. The van der Waals surface area contributed by atoms with Gasteiger partial charge in [0, 0.05) is 0 Å². The number of rotatable bonds is 6. The lowest BCUT2D eigenvalue weighted by Gasteiger charge is -2.07. The van der Waals surface area contributed by atoms with Crippen molar-refractivity contribution in [3.8, 4) is 0 Å². The normalized spacial score (nSPS) is 11.2. The SMILES string of the molecule is CCOC(=O)c1sc(NS(=O)(=O)c2cc(C(=O)O)ccc2F)nc1C. The van der Waals surface area contributed by atoms with Gasteiger partial charge in [-0.05, 0) is 32.0 Å². The van der Waals surface area contributed by atoms with E-state index in [1.54, 1.807) is 6.92 Å². The molecule has 2 aromatic rings. The molecule has 134 valence electrons. The number of hydrogen-bond acceptors (Lipinski definition) is 7. The molecule has 1 aromatic carbocycles. The molecule has 1 aromatic heterocycles. The van der Waals surface area contributed by atoms with Crippen LogP contribution in [0.25, 0.3) is 0 Å². The minimum absolute atomic E-state index is 0.110. The second kappa shape index (κ2) is 7.15. The first-order valence-electron chi connectivity index (χ1n) is 6.86. The predicted molar refractivity (Wildman–Crippen MR) is 87.0 cm³/mol. The molecule has 2 rings (SSSR count). The van der Waals surface area contributed by atoms with E-state index >= 15 is 0 Å². The molecule has 0 radical (unpaired) electrons. The van der Waals surface area contributed by atoms with Gasteiger partial charge in [-0.2, -0.15) is 0 Å². The van der Waals surface area contributed by atoms with Gasteiger partial charge in [0.05, 0.1) is 17.9 Å². The molecule has 2 N–H and O–H groups in total. The number of nitrogens with one attached hydrogen (secondary N) is 1. The van der Waals surface area contributed by atoms with E-state index in [0.29, 0.717) is 6.07 Å². The molecule has 0 bridgehead atoms. The summed E-state index contributed by atoms with van der Waals surface area (Å²) in [5.74, 6) is -3.16. The van der Waals surface area contributed by atoms with Crippen LogP contribution < -0.4 is 4.72 Å². The quantitative estimate of drug-likeness (QED) is 0.728. The van der Waals surface area contributed by atoms with Crippen LogP contribution in [0.2, 0.25) is 0 Å². The molecule has 0 unspecified atom stereocenters. The molecule has 8 nitrogen and oxygen atoms in total. The molecule has 1 heterocycles. The summed E-state index contributed by atoms with van der Waals surface area (Å²) in [6, 6.07) is 2.39. The summed E-state index contributed by atoms with van der Waals surface area (Å²) in [5.41, 5.74) is -0.134. The number of carbonyl (C=O) groups excluding carboxylic acids is 1. The molecule has 0 aliphatic carbocycles. The number of aromatic carboxylic acids is 1. The molecule has 0 spiro atoms. The number of benzene rings is 1. The van der Waals surface area contributed by atoms with Gasteiger partial charge in [-0.1, -0.05) is 11.3 Å². The highest BCUT2D eigenvalue weighted by Gasteiger charge is 2.24. The van der Waals surface area contributed by atoms with Crippen molar-refractivity contribution in [2.75, 3.05) is 11.3 Å². The van der Waals surface area contributed by atoms with Crippen LogP contribution in [0.4, 0.5) is 9.52 Å². The van der Waals surface area contributed by atoms with Gasteiger partial charge < -0.3 is 9.84 Å². The van der Waals surface area contributed by atoms with Crippen LogP contribution >= 0.6 is 11.3 Å². The molecular weight excluding hydrogens is 375 g/mol. The summed E-state index contributed by atoms with van der Waals surface area (Å²) in [6.07, 6.45) is 0. The van der Waals surface area contributed by atoms with E-state index in [1.807, 2.05) is 4.72 Å². The Morgan fingerprint density at radius 3 is 2.68 bits per heavy atom. The van der Waals surface area contributed by atoms with Crippen molar-refractivity contribution in [2.24, 2.45) is 0 Å². The maximum Gasteiger partial charge on any atom is 0.350 e. The number of aryl methyl sites for hydroxylation is 1. The fraction of sp³-hybridized carbons (Fsp3) is 0.214. The van der Waals surface area contributed by atoms with Crippen molar-refractivity contribution in [3.63, 3.8) is 0 Å². The van der Waals surface area contributed by atoms with Gasteiger partial charge in [-0.3, -0.25) is 4.72 Å². The topological polar surface area (TPSA) is 123 Å². The van der Waals surface area contributed by atoms with Crippen molar-refractivity contribution >= 4 is 38.4 Å². The number of carbonyl (C=O) groups is 2. The monoisotopic (exact) mass is 388 g/mol. The van der Waals surface area contributed by atoms with E-state index in [4.69, 9.17) is 9.84 Å². The number of aromatic nitrogens is 1. The van der Waals surface area contributed by atoms with E-state index in [-0.39, 0.29) is 27.9 Å². The number of sulfonamides is 1. The van der Waals surface area contributed by atoms with Crippen molar-refractivity contribution < 1.29 is 32.2 Å². The van der Waals surface area contributed by atoms with E-state index < -0.39 is 32.7 Å². The fourth-order valence-electron chi connectivity index (χ4n) is 1.84. The summed E-state index contributed by atoms with van der Waals surface area (Å²) in [4.78, 5) is 25.8. The van der Waals surface area contributed by atoms with Crippen molar-refractivity contribution in [3.05, 3.63) is 40.2 Å². The van der Waals surface area contributed by atoms with Crippen molar-refractivity contribution in [2.45, 2.75) is 18.7 Å². The Morgan fingerprint density at radius 2 is 2.08 bits per heavy atom. The van der Waals surface area contributed by atoms with Crippen LogP contribution in [0.1, 0.15) is 32.6 Å². The first-order chi connectivity index (χ1) is 11.7. The van der Waals surface area contributed by atoms with E-state index in [9.17, 15) is 22.4 Å². The summed E-state index contributed by atoms with van der Waals surface area (Å²) >= 11 is 0.731. The largest absolute Gasteiger partial charge is 0.478 e. The highest BCUT2D eigenvalue weighted by Crippen LogP contribution is 2.27. The molecule has 25 heavy (non-hydrogen) atoms. The Balaban J connectivity index is 2.37. The third kappa shape index (κ3) is 4.12. The van der Waals surface area contributed by atoms with Gasteiger partial charge in [0.2, 0.25) is 0 Å². The number of esters is 1. The number of hydrogen-bond donors (Lipinski definition) is 2. The van der Waals surface area contributed by atoms with Crippen LogP contribution in [-0.4, -0.2) is 37.1 Å². The molecule has 0 aliphatic heterocycles. The number of nitrogens with zero attached hydrogens (tertiary/aromatic N) is 1. The van der Waals surface area contributed by atoms with E-state index in [0.717, 1.165) is 23.5 Å². The lowest BCUT2D eigenvalue weighted by atomic mass is 10.2. The zero-order chi connectivity index (χ0) is 18.8. The van der Waals surface area contributed by atoms with Gasteiger partial charge in [-0.15, -0.1) is 0 Å². The maximum absolute atomic E-state index is 13.8. The third-order valence-corrected chi connectivity index (χ3v) is 5.48. The Labute approximate surface area is 146 Å². The number of anilines is 1. The minimum atomic E-state index is -4.43. The molecule has 0 aliphatic rings. The zero-order valence-electron chi connectivity index (χ0n) is 13.1. The van der Waals surface area contributed by atoms with Crippen LogP contribution in [0.5, 0.6) is 0 Å². The maximum atomic E-state index is 13.8. The second-order valence-electron chi connectivity index (χ2n) is 4.71. The van der Waals surface area contributed by atoms with Gasteiger partial charge >= 0.3 is 11.9 Å². The molecule has 0 amide bonds. The number of ether oxygens (including phenoxy) is 1.